The summed E-state index contributed by atoms with van der Waals surface area (Å²) in [6.45, 7) is 5.79. The van der Waals surface area contributed by atoms with E-state index < -0.39 is 11.6 Å². The normalized spacial score (nSPS) is 12.7. The topological polar surface area (TPSA) is 38.7 Å². The van der Waals surface area contributed by atoms with E-state index in [-0.39, 0.29) is 17.4 Å². The second-order valence-electron chi connectivity index (χ2n) is 5.18. The van der Waals surface area contributed by atoms with Gasteiger partial charge in [-0.25, -0.2) is 18.7 Å². The summed E-state index contributed by atoms with van der Waals surface area (Å²) in [5.41, 5.74) is 0.844. The number of nitrogens with zero attached hydrogens (tertiary/aromatic N) is 3. The molecule has 0 aliphatic rings. The van der Waals surface area contributed by atoms with Gasteiger partial charge in [-0.15, -0.1) is 0 Å². The molecule has 0 saturated heterocycles. The van der Waals surface area contributed by atoms with Crippen LogP contribution in [0.5, 0.6) is 0 Å². The first-order chi connectivity index (χ1) is 9.49. The molecular formula is C15H17F2N3. The Bertz CT molecular complexity index is 579. The zero-order valence-electron chi connectivity index (χ0n) is 11.8. The highest BCUT2D eigenvalue weighted by Gasteiger charge is 2.18. The highest BCUT2D eigenvalue weighted by atomic mass is 19.1. The first-order valence-corrected chi connectivity index (χ1v) is 6.59. The average molecular weight is 277 g/mol. The van der Waals surface area contributed by atoms with Crippen molar-refractivity contribution < 1.29 is 8.78 Å². The first-order valence-electron chi connectivity index (χ1n) is 6.59. The van der Waals surface area contributed by atoms with Gasteiger partial charge >= 0.3 is 0 Å². The van der Waals surface area contributed by atoms with Gasteiger partial charge in [0.2, 0.25) is 0 Å². The van der Waals surface area contributed by atoms with Gasteiger partial charge in [0.05, 0.1) is 12.4 Å². The van der Waals surface area contributed by atoms with E-state index in [0.29, 0.717) is 6.42 Å². The third kappa shape index (κ3) is 3.15. The standard InChI is InChI=1S/C15H17F2N3/c1-9(2)15-19-5-4-11(20-15)6-10(3)14-12(16)7-18-8-13(14)17/h4-5,7-10H,6H2,1-3H3. The lowest BCUT2D eigenvalue weighted by molar-refractivity contribution is 0.521. The third-order valence-electron chi connectivity index (χ3n) is 3.15. The maximum absolute atomic E-state index is 13.7. The molecule has 2 rings (SSSR count). The second kappa shape index (κ2) is 6.03. The fraction of sp³-hybridized carbons (Fsp3) is 0.400. The van der Waals surface area contributed by atoms with Crippen molar-refractivity contribution in [3.63, 3.8) is 0 Å². The van der Waals surface area contributed by atoms with Gasteiger partial charge in [-0.1, -0.05) is 20.8 Å². The summed E-state index contributed by atoms with van der Waals surface area (Å²) in [5, 5.41) is 0. The number of hydrogen-bond donors (Lipinski definition) is 0. The number of hydrogen-bond acceptors (Lipinski definition) is 3. The Balaban J connectivity index is 2.23. The van der Waals surface area contributed by atoms with Gasteiger partial charge in [-0.3, -0.25) is 4.98 Å². The third-order valence-corrected chi connectivity index (χ3v) is 3.15. The Morgan fingerprint density at radius 3 is 2.35 bits per heavy atom. The minimum atomic E-state index is -0.615. The van der Waals surface area contributed by atoms with Crippen LogP contribution < -0.4 is 0 Å². The molecule has 2 aromatic heterocycles. The van der Waals surface area contributed by atoms with Crippen LogP contribution in [-0.2, 0) is 6.42 Å². The second-order valence-corrected chi connectivity index (χ2v) is 5.18. The Labute approximate surface area is 117 Å². The summed E-state index contributed by atoms with van der Waals surface area (Å²) in [6.07, 6.45) is 4.21. The van der Waals surface area contributed by atoms with E-state index in [1.54, 1.807) is 19.2 Å². The van der Waals surface area contributed by atoms with Crippen molar-refractivity contribution in [2.75, 3.05) is 0 Å². The van der Waals surface area contributed by atoms with Crippen molar-refractivity contribution in [1.29, 1.82) is 0 Å². The Hall–Kier alpha value is -1.91. The monoisotopic (exact) mass is 277 g/mol. The van der Waals surface area contributed by atoms with Crippen molar-refractivity contribution in [3.8, 4) is 0 Å². The average Bonchev–Trinajstić information content (AvgIpc) is 2.38. The van der Waals surface area contributed by atoms with Gasteiger partial charge < -0.3 is 0 Å². The molecule has 0 N–H and O–H groups in total. The van der Waals surface area contributed by atoms with E-state index in [1.165, 1.54) is 0 Å². The molecule has 1 atom stereocenters. The van der Waals surface area contributed by atoms with Gasteiger partial charge in [0.25, 0.3) is 0 Å². The molecule has 2 heterocycles. The SMILES string of the molecule is CC(C)c1nccc(CC(C)c2c(F)cncc2F)n1. The fourth-order valence-electron chi connectivity index (χ4n) is 2.11. The van der Waals surface area contributed by atoms with Crippen LogP contribution in [0.2, 0.25) is 0 Å². The highest BCUT2D eigenvalue weighted by molar-refractivity contribution is 5.21. The molecule has 5 heteroatoms. The van der Waals surface area contributed by atoms with Crippen LogP contribution in [0, 0.1) is 11.6 Å². The Kier molecular flexibility index (Phi) is 4.37. The maximum Gasteiger partial charge on any atom is 0.147 e. The van der Waals surface area contributed by atoms with Gasteiger partial charge in [-0.2, -0.15) is 0 Å². The van der Waals surface area contributed by atoms with Gasteiger partial charge in [0, 0.05) is 23.4 Å². The van der Waals surface area contributed by atoms with Crippen LogP contribution in [-0.4, -0.2) is 15.0 Å². The molecule has 2 aromatic rings. The van der Waals surface area contributed by atoms with Crippen LogP contribution in [0.15, 0.2) is 24.7 Å². The number of rotatable bonds is 4. The van der Waals surface area contributed by atoms with Crippen LogP contribution in [0.4, 0.5) is 8.78 Å². The fourth-order valence-corrected chi connectivity index (χ4v) is 2.11. The van der Waals surface area contributed by atoms with E-state index in [4.69, 9.17) is 0 Å². The maximum atomic E-state index is 13.7. The molecule has 0 spiro atoms. The minimum absolute atomic E-state index is 0.0599. The Morgan fingerprint density at radius 2 is 1.75 bits per heavy atom. The van der Waals surface area contributed by atoms with Crippen molar-refractivity contribution >= 4 is 0 Å². The molecule has 0 saturated carbocycles. The predicted octanol–water partition coefficient (Wildman–Crippen LogP) is 3.62. The molecule has 3 nitrogen and oxygen atoms in total. The smallest absolute Gasteiger partial charge is 0.147 e. The lowest BCUT2D eigenvalue weighted by Crippen LogP contribution is -2.08. The van der Waals surface area contributed by atoms with E-state index in [2.05, 4.69) is 15.0 Å². The summed E-state index contributed by atoms with van der Waals surface area (Å²) in [4.78, 5) is 12.1. The molecule has 0 fully saturated rings. The lowest BCUT2D eigenvalue weighted by atomic mass is 9.96. The summed E-state index contributed by atoms with van der Waals surface area (Å²) in [5.74, 6) is -0.579. The molecule has 0 aromatic carbocycles. The molecule has 0 radical (unpaired) electrons. The number of aromatic nitrogens is 3. The van der Waals surface area contributed by atoms with Crippen molar-refractivity contribution in [2.24, 2.45) is 0 Å². The molecule has 106 valence electrons. The lowest BCUT2D eigenvalue weighted by Gasteiger charge is -2.14. The van der Waals surface area contributed by atoms with Crippen molar-refractivity contribution in [3.05, 3.63) is 53.4 Å². The minimum Gasteiger partial charge on any atom is -0.259 e. The van der Waals surface area contributed by atoms with Crippen molar-refractivity contribution in [1.82, 2.24) is 15.0 Å². The Morgan fingerprint density at radius 1 is 1.10 bits per heavy atom. The van der Waals surface area contributed by atoms with E-state index in [0.717, 1.165) is 23.9 Å². The quantitative estimate of drug-likeness (QED) is 0.856. The molecule has 1 unspecified atom stereocenters. The number of halogens is 2. The molecule has 0 aliphatic carbocycles. The molecule has 0 aliphatic heterocycles. The largest absolute Gasteiger partial charge is 0.259 e. The summed E-state index contributed by atoms with van der Waals surface area (Å²) in [7, 11) is 0. The molecule has 0 amide bonds. The van der Waals surface area contributed by atoms with Crippen LogP contribution in [0.25, 0.3) is 0 Å². The summed E-state index contributed by atoms with van der Waals surface area (Å²) < 4.78 is 27.4. The zero-order valence-corrected chi connectivity index (χ0v) is 11.8. The zero-order chi connectivity index (χ0) is 14.7. The van der Waals surface area contributed by atoms with Gasteiger partial charge in [0.15, 0.2) is 0 Å². The summed E-state index contributed by atoms with van der Waals surface area (Å²) >= 11 is 0. The van der Waals surface area contributed by atoms with E-state index in [9.17, 15) is 8.78 Å². The first kappa shape index (κ1) is 14.5. The van der Waals surface area contributed by atoms with Crippen LogP contribution in [0.3, 0.4) is 0 Å². The molecule has 20 heavy (non-hydrogen) atoms. The van der Waals surface area contributed by atoms with E-state index in [1.807, 2.05) is 13.8 Å². The predicted molar refractivity (Wildman–Crippen MR) is 72.4 cm³/mol. The van der Waals surface area contributed by atoms with Crippen LogP contribution >= 0.6 is 0 Å². The van der Waals surface area contributed by atoms with E-state index >= 15 is 0 Å². The molecule has 0 bridgehead atoms. The summed E-state index contributed by atoms with van der Waals surface area (Å²) in [6, 6.07) is 1.78. The highest BCUT2D eigenvalue weighted by Crippen LogP contribution is 2.24. The molecular weight excluding hydrogens is 260 g/mol. The van der Waals surface area contributed by atoms with Crippen LogP contribution in [0.1, 0.15) is 49.7 Å². The number of pyridine rings is 1. The van der Waals surface area contributed by atoms with Gasteiger partial charge in [-0.05, 0) is 18.4 Å². The van der Waals surface area contributed by atoms with Crippen molar-refractivity contribution in [2.45, 2.75) is 39.0 Å². The van der Waals surface area contributed by atoms with Gasteiger partial charge in [0.1, 0.15) is 17.5 Å².